The zero-order chi connectivity index (χ0) is 21.5. The summed E-state index contributed by atoms with van der Waals surface area (Å²) in [5.74, 6) is 0.238. The Labute approximate surface area is 179 Å². The Hall–Kier alpha value is -3.11. The maximum atomic E-state index is 9.84. The first-order valence-electron chi connectivity index (χ1n) is 10.4. The lowest BCUT2D eigenvalue weighted by atomic mass is 9.90. The van der Waals surface area contributed by atoms with Crippen LogP contribution < -0.4 is 5.32 Å². The second kappa shape index (κ2) is 10.1. The van der Waals surface area contributed by atoms with E-state index in [1.54, 1.807) is 12.1 Å². The van der Waals surface area contributed by atoms with E-state index in [9.17, 15) is 10.2 Å². The van der Waals surface area contributed by atoms with Crippen molar-refractivity contribution < 1.29 is 10.2 Å². The minimum absolute atomic E-state index is 0.238. The number of phenolic OH excluding ortho intramolecular Hbond substituents is 1. The van der Waals surface area contributed by atoms with Gasteiger partial charge in [-0.2, -0.15) is 0 Å². The fourth-order valence-electron chi connectivity index (χ4n) is 3.57. The molecule has 0 aliphatic heterocycles. The summed E-state index contributed by atoms with van der Waals surface area (Å²) in [6.45, 7) is 4.24. The molecule has 0 aromatic heterocycles. The standard InChI is InChI=1S/C26H30N2O2/c1-4-5-24(25(27-3)19-10-14-22(29)15-11-19)26(20-8-6-18(2)7-9-20)28-21-12-16-23(30)17-13-21/h6-14,16-17,22,28-30H,4-5,15H2,1-3H3/b26-24-,27-25-. The van der Waals surface area contributed by atoms with Crippen LogP contribution in [0.4, 0.5) is 5.69 Å². The zero-order valence-corrected chi connectivity index (χ0v) is 17.9. The van der Waals surface area contributed by atoms with E-state index in [1.165, 1.54) is 5.56 Å². The molecule has 0 heterocycles. The first kappa shape index (κ1) is 21.6. The zero-order valence-electron chi connectivity index (χ0n) is 17.9. The number of phenols is 1. The number of nitrogens with one attached hydrogen (secondary N) is 1. The van der Waals surface area contributed by atoms with Crippen molar-refractivity contribution in [1.82, 2.24) is 0 Å². The molecule has 156 valence electrons. The second-order valence-electron chi connectivity index (χ2n) is 7.54. The molecule has 2 aromatic rings. The maximum absolute atomic E-state index is 9.84. The van der Waals surface area contributed by atoms with Crippen LogP contribution in [-0.4, -0.2) is 29.1 Å². The van der Waals surface area contributed by atoms with Gasteiger partial charge in [-0.3, -0.25) is 4.99 Å². The van der Waals surface area contributed by atoms with Crippen molar-refractivity contribution in [3.63, 3.8) is 0 Å². The highest BCUT2D eigenvalue weighted by atomic mass is 16.3. The number of aliphatic imine (C=N–C) groups is 1. The van der Waals surface area contributed by atoms with Crippen LogP contribution in [0.1, 0.15) is 37.3 Å². The quantitative estimate of drug-likeness (QED) is 0.415. The Morgan fingerprint density at radius 1 is 1.10 bits per heavy atom. The number of hydrogen-bond donors (Lipinski definition) is 3. The third-order valence-electron chi connectivity index (χ3n) is 5.14. The highest BCUT2D eigenvalue weighted by Gasteiger charge is 2.19. The first-order chi connectivity index (χ1) is 14.5. The van der Waals surface area contributed by atoms with Crippen LogP contribution in [-0.2, 0) is 0 Å². The van der Waals surface area contributed by atoms with E-state index >= 15 is 0 Å². The van der Waals surface area contributed by atoms with Crippen LogP contribution in [0.5, 0.6) is 5.75 Å². The molecule has 2 aromatic carbocycles. The Bertz CT molecular complexity index is 981. The molecule has 0 amide bonds. The van der Waals surface area contributed by atoms with Gasteiger partial charge in [-0.15, -0.1) is 0 Å². The predicted octanol–water partition coefficient (Wildman–Crippen LogP) is 5.64. The van der Waals surface area contributed by atoms with Crippen molar-refractivity contribution in [2.45, 2.75) is 39.2 Å². The van der Waals surface area contributed by atoms with Gasteiger partial charge in [-0.1, -0.05) is 61.4 Å². The van der Waals surface area contributed by atoms with Gasteiger partial charge in [0.2, 0.25) is 0 Å². The molecule has 0 radical (unpaired) electrons. The summed E-state index contributed by atoms with van der Waals surface area (Å²) in [5.41, 5.74) is 7.28. The smallest absolute Gasteiger partial charge is 0.115 e. The number of aliphatic hydroxyl groups excluding tert-OH is 1. The Balaban J connectivity index is 2.14. The van der Waals surface area contributed by atoms with E-state index in [0.29, 0.717) is 6.42 Å². The Morgan fingerprint density at radius 3 is 2.37 bits per heavy atom. The topological polar surface area (TPSA) is 64.9 Å². The van der Waals surface area contributed by atoms with Crippen molar-refractivity contribution in [3.8, 4) is 5.75 Å². The van der Waals surface area contributed by atoms with Gasteiger partial charge >= 0.3 is 0 Å². The molecule has 1 aliphatic carbocycles. The number of nitrogens with zero attached hydrogens (tertiary/aromatic N) is 1. The number of anilines is 1. The van der Waals surface area contributed by atoms with E-state index in [1.807, 2.05) is 31.3 Å². The van der Waals surface area contributed by atoms with Crippen LogP contribution in [0.2, 0.25) is 0 Å². The number of aliphatic hydroxyl groups is 1. The molecule has 1 unspecified atom stereocenters. The largest absolute Gasteiger partial charge is 0.508 e. The molecular weight excluding hydrogens is 372 g/mol. The molecule has 0 fully saturated rings. The van der Waals surface area contributed by atoms with Crippen molar-refractivity contribution in [1.29, 1.82) is 0 Å². The molecule has 4 nitrogen and oxygen atoms in total. The number of aryl methyl sites for hydroxylation is 1. The van der Waals surface area contributed by atoms with E-state index in [2.05, 4.69) is 54.5 Å². The van der Waals surface area contributed by atoms with Crippen LogP contribution in [0.3, 0.4) is 0 Å². The summed E-state index contributed by atoms with van der Waals surface area (Å²) in [7, 11) is 1.82. The Kier molecular flexibility index (Phi) is 7.26. The van der Waals surface area contributed by atoms with Crippen LogP contribution in [0, 0.1) is 6.92 Å². The summed E-state index contributed by atoms with van der Waals surface area (Å²) < 4.78 is 0. The molecule has 4 heteroatoms. The monoisotopic (exact) mass is 402 g/mol. The second-order valence-corrected chi connectivity index (χ2v) is 7.54. The average Bonchev–Trinajstić information content (AvgIpc) is 2.75. The third-order valence-corrected chi connectivity index (χ3v) is 5.14. The molecule has 0 saturated heterocycles. The lowest BCUT2D eigenvalue weighted by molar-refractivity contribution is 0.225. The minimum Gasteiger partial charge on any atom is -0.508 e. The van der Waals surface area contributed by atoms with Crippen molar-refractivity contribution in [2.75, 3.05) is 12.4 Å². The van der Waals surface area contributed by atoms with E-state index in [4.69, 9.17) is 0 Å². The van der Waals surface area contributed by atoms with Crippen molar-refractivity contribution in [3.05, 3.63) is 89.0 Å². The molecule has 0 saturated carbocycles. The molecule has 0 bridgehead atoms. The third kappa shape index (κ3) is 5.28. The maximum Gasteiger partial charge on any atom is 0.115 e. The SMILES string of the molecule is CCCC(/C(=N\C)C1=CCC(O)C=C1)=C(/Nc1ccc(O)cc1)c1ccc(C)cc1. The lowest BCUT2D eigenvalue weighted by Gasteiger charge is -2.21. The number of rotatable bonds is 7. The van der Waals surface area contributed by atoms with Crippen LogP contribution in [0.25, 0.3) is 5.70 Å². The number of benzene rings is 2. The molecule has 1 atom stereocenters. The summed E-state index contributed by atoms with van der Waals surface area (Å²) in [6, 6.07) is 15.5. The minimum atomic E-state index is -0.433. The summed E-state index contributed by atoms with van der Waals surface area (Å²) in [5, 5.41) is 23.1. The van der Waals surface area contributed by atoms with Gasteiger partial charge in [0.15, 0.2) is 0 Å². The number of hydrogen-bond acceptors (Lipinski definition) is 4. The first-order valence-corrected chi connectivity index (χ1v) is 10.4. The summed E-state index contributed by atoms with van der Waals surface area (Å²) in [6.07, 6.45) is 7.82. The van der Waals surface area contributed by atoms with Crippen LogP contribution >= 0.6 is 0 Å². The van der Waals surface area contributed by atoms with E-state index < -0.39 is 6.10 Å². The predicted molar refractivity (Wildman–Crippen MR) is 126 cm³/mol. The molecule has 3 N–H and O–H groups in total. The Morgan fingerprint density at radius 2 is 1.80 bits per heavy atom. The molecule has 3 rings (SSSR count). The van der Waals surface area contributed by atoms with Gasteiger partial charge in [0.05, 0.1) is 17.5 Å². The van der Waals surface area contributed by atoms with E-state index in [0.717, 1.165) is 46.6 Å². The highest BCUT2D eigenvalue weighted by Crippen LogP contribution is 2.29. The van der Waals surface area contributed by atoms with Crippen LogP contribution in [0.15, 0.2) is 82.9 Å². The van der Waals surface area contributed by atoms with Gasteiger partial charge in [0, 0.05) is 18.3 Å². The fourth-order valence-corrected chi connectivity index (χ4v) is 3.57. The van der Waals surface area contributed by atoms with Crippen molar-refractivity contribution >= 4 is 17.1 Å². The summed E-state index contributed by atoms with van der Waals surface area (Å²) in [4.78, 5) is 4.65. The normalized spacial score (nSPS) is 17.4. The van der Waals surface area contributed by atoms with Gasteiger partial charge in [0.25, 0.3) is 0 Å². The van der Waals surface area contributed by atoms with E-state index in [-0.39, 0.29) is 5.75 Å². The number of allylic oxidation sites excluding steroid dienone is 3. The average molecular weight is 403 g/mol. The molecule has 30 heavy (non-hydrogen) atoms. The highest BCUT2D eigenvalue weighted by molar-refractivity contribution is 6.18. The van der Waals surface area contributed by atoms with Crippen molar-refractivity contribution in [2.24, 2.45) is 4.99 Å². The fraction of sp³-hybridized carbons (Fsp3) is 0.269. The number of aromatic hydroxyl groups is 1. The van der Waals surface area contributed by atoms with Gasteiger partial charge < -0.3 is 15.5 Å². The molecule has 1 aliphatic rings. The molecule has 0 spiro atoms. The van der Waals surface area contributed by atoms with Gasteiger partial charge in [-0.25, -0.2) is 0 Å². The lowest BCUT2D eigenvalue weighted by Crippen LogP contribution is -2.15. The van der Waals surface area contributed by atoms with Gasteiger partial charge in [-0.05, 0) is 55.2 Å². The van der Waals surface area contributed by atoms with Gasteiger partial charge in [0.1, 0.15) is 5.75 Å². The molecular formula is C26H30N2O2. The summed E-state index contributed by atoms with van der Waals surface area (Å²) >= 11 is 0.